The first-order chi connectivity index (χ1) is 4.43. The smallest absolute Gasteiger partial charge is 0.00682 e. The molecule has 0 unspecified atom stereocenters. The Kier molecular flexibility index (Phi) is 3.05. The van der Waals surface area contributed by atoms with Gasteiger partial charge in [-0.3, -0.25) is 0 Å². The van der Waals surface area contributed by atoms with Crippen LogP contribution in [0.5, 0.6) is 0 Å². The lowest BCUT2D eigenvalue weighted by Gasteiger charge is -1.99. The van der Waals surface area contributed by atoms with Gasteiger partial charge in [0.25, 0.3) is 0 Å². The van der Waals surface area contributed by atoms with E-state index in [1.807, 2.05) is 0 Å². The quantitative estimate of drug-likeness (QED) is 0.556. The molecular weight excluding hydrogens is 110 g/mol. The Bertz CT molecular complexity index is 67.0. The molecule has 0 saturated heterocycles. The minimum atomic E-state index is 0.904. The summed E-state index contributed by atoms with van der Waals surface area (Å²) in [7, 11) is 0. The highest BCUT2D eigenvalue weighted by atomic mass is 14.9. The Balaban J connectivity index is 1.71. The molecule has 1 rings (SSSR count). The highest BCUT2D eigenvalue weighted by Gasteiger charge is 2.19. The number of nitrogens with one attached hydrogen (secondary N) is 1. The number of hydrogen-bond donors (Lipinski definition) is 1. The molecule has 1 aliphatic rings. The molecule has 0 spiro atoms. The minimum Gasteiger partial charge on any atom is -0.314 e. The van der Waals surface area contributed by atoms with Crippen molar-refractivity contribution in [1.29, 1.82) is 0 Å². The number of unbranched alkanes of at least 4 members (excludes halogenated alkanes) is 2. The highest BCUT2D eigenvalue weighted by Crippen LogP contribution is 2.18. The van der Waals surface area contributed by atoms with E-state index in [9.17, 15) is 0 Å². The molecule has 1 aliphatic carbocycles. The van der Waals surface area contributed by atoms with E-state index in [0.29, 0.717) is 0 Å². The molecule has 0 atom stereocenters. The molecule has 54 valence electrons. The average Bonchev–Trinajstić information content (AvgIpc) is 2.63. The van der Waals surface area contributed by atoms with Gasteiger partial charge >= 0.3 is 0 Å². The van der Waals surface area contributed by atoms with Crippen molar-refractivity contribution in [3.05, 3.63) is 0 Å². The largest absolute Gasteiger partial charge is 0.314 e. The standard InChI is InChI=1S/C8H17N/c1-2-3-4-7-9-8-5-6-8/h8-9H,2-7H2,1H3. The van der Waals surface area contributed by atoms with Crippen molar-refractivity contribution < 1.29 is 0 Å². The summed E-state index contributed by atoms with van der Waals surface area (Å²) >= 11 is 0. The summed E-state index contributed by atoms with van der Waals surface area (Å²) in [6.45, 7) is 3.50. The maximum absolute atomic E-state index is 3.49. The third-order valence-corrected chi connectivity index (χ3v) is 1.79. The van der Waals surface area contributed by atoms with Gasteiger partial charge in [-0.1, -0.05) is 19.8 Å². The fourth-order valence-corrected chi connectivity index (χ4v) is 0.969. The Labute approximate surface area is 57.8 Å². The average molecular weight is 127 g/mol. The van der Waals surface area contributed by atoms with Gasteiger partial charge in [0.15, 0.2) is 0 Å². The molecule has 1 saturated carbocycles. The molecule has 0 aromatic rings. The van der Waals surface area contributed by atoms with E-state index in [2.05, 4.69) is 12.2 Å². The van der Waals surface area contributed by atoms with Gasteiger partial charge in [0.05, 0.1) is 0 Å². The van der Waals surface area contributed by atoms with Crippen LogP contribution in [0.4, 0.5) is 0 Å². The van der Waals surface area contributed by atoms with Crippen LogP contribution >= 0.6 is 0 Å². The van der Waals surface area contributed by atoms with Gasteiger partial charge in [-0.2, -0.15) is 0 Å². The minimum absolute atomic E-state index is 0.904. The van der Waals surface area contributed by atoms with Crippen LogP contribution in [0.2, 0.25) is 0 Å². The normalized spacial score (nSPS) is 18.3. The molecule has 9 heavy (non-hydrogen) atoms. The second-order valence-electron chi connectivity index (χ2n) is 2.94. The lowest BCUT2D eigenvalue weighted by atomic mass is 10.2. The second kappa shape index (κ2) is 3.89. The van der Waals surface area contributed by atoms with Crippen LogP contribution in [0.25, 0.3) is 0 Å². The van der Waals surface area contributed by atoms with E-state index in [0.717, 1.165) is 6.04 Å². The van der Waals surface area contributed by atoms with Crippen LogP contribution in [0.3, 0.4) is 0 Å². The van der Waals surface area contributed by atoms with Gasteiger partial charge in [0, 0.05) is 6.04 Å². The Morgan fingerprint density at radius 3 is 2.67 bits per heavy atom. The fraction of sp³-hybridized carbons (Fsp3) is 1.00. The monoisotopic (exact) mass is 127 g/mol. The molecule has 0 aromatic heterocycles. The molecule has 1 N–H and O–H groups in total. The van der Waals surface area contributed by atoms with Crippen LogP contribution in [0, 0.1) is 0 Å². The third kappa shape index (κ3) is 3.52. The third-order valence-electron chi connectivity index (χ3n) is 1.79. The van der Waals surface area contributed by atoms with Crippen molar-refractivity contribution in [3.8, 4) is 0 Å². The molecule has 0 heterocycles. The van der Waals surface area contributed by atoms with E-state index in [1.54, 1.807) is 0 Å². The summed E-state index contributed by atoms with van der Waals surface area (Å²) < 4.78 is 0. The van der Waals surface area contributed by atoms with Crippen LogP contribution in [0.15, 0.2) is 0 Å². The summed E-state index contributed by atoms with van der Waals surface area (Å²) in [6, 6.07) is 0.904. The van der Waals surface area contributed by atoms with E-state index < -0.39 is 0 Å². The van der Waals surface area contributed by atoms with Gasteiger partial charge in [0.2, 0.25) is 0 Å². The first-order valence-electron chi connectivity index (χ1n) is 4.17. The van der Waals surface area contributed by atoms with Gasteiger partial charge in [-0.25, -0.2) is 0 Å². The lowest BCUT2D eigenvalue weighted by molar-refractivity contribution is 0.614. The van der Waals surface area contributed by atoms with Crippen LogP contribution in [-0.2, 0) is 0 Å². The van der Waals surface area contributed by atoms with E-state index in [1.165, 1.54) is 38.6 Å². The summed E-state index contributed by atoms with van der Waals surface area (Å²) in [5.74, 6) is 0. The van der Waals surface area contributed by atoms with Crippen molar-refractivity contribution in [1.82, 2.24) is 5.32 Å². The molecule has 0 aliphatic heterocycles. The van der Waals surface area contributed by atoms with Gasteiger partial charge in [-0.05, 0) is 25.8 Å². The van der Waals surface area contributed by atoms with E-state index in [4.69, 9.17) is 0 Å². The first-order valence-corrected chi connectivity index (χ1v) is 4.17. The van der Waals surface area contributed by atoms with Crippen molar-refractivity contribution in [3.63, 3.8) is 0 Å². The molecule has 1 fully saturated rings. The first kappa shape index (κ1) is 7.07. The Hall–Kier alpha value is -0.0400. The van der Waals surface area contributed by atoms with E-state index in [-0.39, 0.29) is 0 Å². The maximum atomic E-state index is 3.49. The number of rotatable bonds is 5. The van der Waals surface area contributed by atoms with Crippen molar-refractivity contribution in [2.45, 2.75) is 45.1 Å². The molecule has 1 heteroatoms. The van der Waals surface area contributed by atoms with Gasteiger partial charge in [-0.15, -0.1) is 0 Å². The van der Waals surface area contributed by atoms with Crippen LogP contribution < -0.4 is 5.32 Å². The lowest BCUT2D eigenvalue weighted by Crippen LogP contribution is -2.17. The molecule has 1 nitrogen and oxygen atoms in total. The Morgan fingerprint density at radius 2 is 2.11 bits per heavy atom. The summed E-state index contributed by atoms with van der Waals surface area (Å²) in [5.41, 5.74) is 0. The Morgan fingerprint density at radius 1 is 1.33 bits per heavy atom. The predicted octanol–water partition coefficient (Wildman–Crippen LogP) is 1.93. The van der Waals surface area contributed by atoms with Crippen molar-refractivity contribution in [2.75, 3.05) is 6.54 Å². The summed E-state index contributed by atoms with van der Waals surface area (Å²) in [4.78, 5) is 0. The zero-order valence-corrected chi connectivity index (χ0v) is 6.32. The predicted molar refractivity (Wildman–Crippen MR) is 40.5 cm³/mol. The van der Waals surface area contributed by atoms with E-state index >= 15 is 0 Å². The topological polar surface area (TPSA) is 12.0 Å². The summed E-state index contributed by atoms with van der Waals surface area (Å²) in [5, 5.41) is 3.49. The molecular formula is C8H17N. The van der Waals surface area contributed by atoms with Crippen molar-refractivity contribution >= 4 is 0 Å². The number of hydrogen-bond acceptors (Lipinski definition) is 1. The molecule has 0 radical (unpaired) electrons. The SMILES string of the molecule is CCCCCNC1CC1. The molecule has 0 aromatic carbocycles. The van der Waals surface area contributed by atoms with Crippen molar-refractivity contribution in [2.24, 2.45) is 0 Å². The molecule has 0 amide bonds. The van der Waals surface area contributed by atoms with Crippen LogP contribution in [0.1, 0.15) is 39.0 Å². The summed E-state index contributed by atoms with van der Waals surface area (Å²) in [6.07, 6.45) is 6.94. The van der Waals surface area contributed by atoms with Gasteiger partial charge in [0.1, 0.15) is 0 Å². The zero-order chi connectivity index (χ0) is 6.53. The fourth-order valence-electron chi connectivity index (χ4n) is 0.969. The highest BCUT2D eigenvalue weighted by molar-refractivity contribution is 4.80. The van der Waals surface area contributed by atoms with Gasteiger partial charge < -0.3 is 5.32 Å². The van der Waals surface area contributed by atoms with Crippen LogP contribution in [-0.4, -0.2) is 12.6 Å². The second-order valence-corrected chi connectivity index (χ2v) is 2.94. The maximum Gasteiger partial charge on any atom is 0.00682 e. The zero-order valence-electron chi connectivity index (χ0n) is 6.32. The molecule has 0 bridgehead atoms.